The van der Waals surface area contributed by atoms with Crippen molar-refractivity contribution in [1.82, 2.24) is 15.5 Å². The van der Waals surface area contributed by atoms with Gasteiger partial charge < -0.3 is 10.1 Å². The van der Waals surface area contributed by atoms with Gasteiger partial charge in [0, 0.05) is 6.54 Å². The van der Waals surface area contributed by atoms with Gasteiger partial charge in [-0.1, -0.05) is 30.3 Å². The Balaban J connectivity index is 1.82. The van der Waals surface area contributed by atoms with E-state index in [0.717, 1.165) is 12.0 Å². The molecule has 0 spiro atoms. The molecule has 1 saturated heterocycles. The average molecular weight is 333 g/mol. The molecule has 1 aromatic rings. The van der Waals surface area contributed by atoms with E-state index in [9.17, 15) is 14.4 Å². The summed E-state index contributed by atoms with van der Waals surface area (Å²) in [7, 11) is 0. The van der Waals surface area contributed by atoms with Gasteiger partial charge in [0.05, 0.1) is 6.54 Å². The van der Waals surface area contributed by atoms with Gasteiger partial charge in [-0.2, -0.15) is 0 Å². The number of esters is 1. The van der Waals surface area contributed by atoms with Crippen LogP contribution in [-0.2, 0) is 20.9 Å². The maximum atomic E-state index is 12.3. The van der Waals surface area contributed by atoms with Gasteiger partial charge >= 0.3 is 12.0 Å². The van der Waals surface area contributed by atoms with Gasteiger partial charge in [0.2, 0.25) is 5.91 Å². The minimum absolute atomic E-state index is 0.00222. The number of rotatable bonds is 6. The highest BCUT2D eigenvalue weighted by Gasteiger charge is 2.33. The summed E-state index contributed by atoms with van der Waals surface area (Å²) in [5, 5.41) is 4.74. The van der Waals surface area contributed by atoms with Gasteiger partial charge in [-0.05, 0) is 31.9 Å². The van der Waals surface area contributed by atoms with Crippen LogP contribution in [0.15, 0.2) is 30.3 Å². The van der Waals surface area contributed by atoms with Crippen molar-refractivity contribution in [1.29, 1.82) is 0 Å². The van der Waals surface area contributed by atoms with Crippen molar-refractivity contribution < 1.29 is 19.1 Å². The van der Waals surface area contributed by atoms with E-state index >= 15 is 0 Å². The van der Waals surface area contributed by atoms with Crippen LogP contribution in [0.4, 0.5) is 4.79 Å². The molecule has 0 bridgehead atoms. The zero-order chi connectivity index (χ0) is 17.4. The molecule has 1 aromatic carbocycles. The first-order valence-electron chi connectivity index (χ1n) is 8.12. The minimum Gasteiger partial charge on any atom is -0.460 e. The summed E-state index contributed by atoms with van der Waals surface area (Å²) < 4.78 is 5.35. The fourth-order valence-electron chi connectivity index (χ4n) is 2.66. The molecule has 7 heteroatoms. The fraction of sp³-hybridized carbons (Fsp3) is 0.471. The topological polar surface area (TPSA) is 87.7 Å². The number of amides is 3. The fourth-order valence-corrected chi connectivity index (χ4v) is 2.66. The van der Waals surface area contributed by atoms with Gasteiger partial charge in [-0.3, -0.25) is 19.8 Å². The monoisotopic (exact) mass is 333 g/mol. The lowest BCUT2D eigenvalue weighted by Crippen LogP contribution is -2.47. The third kappa shape index (κ3) is 5.34. The molecule has 7 nitrogen and oxygen atoms in total. The lowest BCUT2D eigenvalue weighted by Gasteiger charge is -2.22. The van der Waals surface area contributed by atoms with Crippen molar-refractivity contribution >= 4 is 17.9 Å². The Morgan fingerprint density at radius 3 is 2.71 bits per heavy atom. The number of urea groups is 1. The van der Waals surface area contributed by atoms with Crippen LogP contribution < -0.4 is 10.6 Å². The summed E-state index contributed by atoms with van der Waals surface area (Å²) >= 11 is 0. The molecule has 2 rings (SSSR count). The van der Waals surface area contributed by atoms with Crippen molar-refractivity contribution in [2.45, 2.75) is 32.4 Å². The van der Waals surface area contributed by atoms with Crippen molar-refractivity contribution in [3.8, 4) is 0 Å². The molecule has 0 radical (unpaired) electrons. The Morgan fingerprint density at radius 2 is 2.00 bits per heavy atom. The third-order valence-electron chi connectivity index (χ3n) is 3.80. The zero-order valence-corrected chi connectivity index (χ0v) is 13.8. The van der Waals surface area contributed by atoms with E-state index in [2.05, 4.69) is 10.6 Å². The Labute approximate surface area is 141 Å². The Bertz CT molecular complexity index is 576. The third-order valence-corrected chi connectivity index (χ3v) is 3.80. The number of imide groups is 1. The van der Waals surface area contributed by atoms with Gasteiger partial charge in [0.15, 0.2) is 0 Å². The zero-order valence-electron chi connectivity index (χ0n) is 13.8. The van der Waals surface area contributed by atoms with E-state index in [4.69, 9.17) is 4.74 Å². The Hall–Kier alpha value is -2.41. The first-order chi connectivity index (χ1) is 11.6. The second-order valence-corrected chi connectivity index (χ2v) is 5.63. The Kier molecular flexibility index (Phi) is 6.74. The summed E-state index contributed by atoms with van der Waals surface area (Å²) in [5.41, 5.74) is 0.921. The summed E-state index contributed by atoms with van der Waals surface area (Å²) in [6.45, 7) is 3.06. The van der Waals surface area contributed by atoms with Gasteiger partial charge in [-0.15, -0.1) is 0 Å². The van der Waals surface area contributed by atoms with Crippen LogP contribution in [-0.4, -0.2) is 48.5 Å². The number of nitrogens with one attached hydrogen (secondary N) is 2. The SMILES string of the molecule is CCNC(=O)NC(=O)CN1CCC[C@@H]1C(=O)OCc1ccccc1. The molecule has 3 amide bonds. The highest BCUT2D eigenvalue weighted by atomic mass is 16.5. The molecular weight excluding hydrogens is 310 g/mol. The number of hydrogen-bond donors (Lipinski definition) is 2. The molecule has 1 heterocycles. The number of likely N-dealkylation sites (tertiary alicyclic amines) is 1. The van der Waals surface area contributed by atoms with Crippen LogP contribution in [0.5, 0.6) is 0 Å². The Morgan fingerprint density at radius 1 is 1.25 bits per heavy atom. The first kappa shape index (κ1) is 17.9. The molecule has 1 aliphatic rings. The molecule has 0 unspecified atom stereocenters. The summed E-state index contributed by atoms with van der Waals surface area (Å²) in [6.07, 6.45) is 1.47. The second kappa shape index (κ2) is 9.02. The van der Waals surface area contributed by atoms with Crippen molar-refractivity contribution in [3.63, 3.8) is 0 Å². The maximum Gasteiger partial charge on any atom is 0.323 e. The summed E-state index contributed by atoms with van der Waals surface area (Å²) in [6, 6.07) is 8.49. The smallest absolute Gasteiger partial charge is 0.323 e. The van der Waals surface area contributed by atoms with Crippen molar-refractivity contribution in [3.05, 3.63) is 35.9 Å². The number of benzene rings is 1. The average Bonchev–Trinajstić information content (AvgIpc) is 3.01. The highest BCUT2D eigenvalue weighted by molar-refractivity contribution is 5.95. The predicted molar refractivity (Wildman–Crippen MR) is 88.0 cm³/mol. The molecule has 24 heavy (non-hydrogen) atoms. The summed E-state index contributed by atoms with van der Waals surface area (Å²) in [4.78, 5) is 37.2. The van der Waals surface area contributed by atoms with Crippen LogP contribution in [0.3, 0.4) is 0 Å². The number of hydrogen-bond acceptors (Lipinski definition) is 5. The lowest BCUT2D eigenvalue weighted by atomic mass is 10.2. The lowest BCUT2D eigenvalue weighted by molar-refractivity contribution is -0.150. The predicted octanol–water partition coefficient (Wildman–Crippen LogP) is 1.04. The number of ether oxygens (including phenoxy) is 1. The normalized spacial score (nSPS) is 17.3. The first-order valence-corrected chi connectivity index (χ1v) is 8.12. The van der Waals surface area contributed by atoms with Crippen LogP contribution in [0, 0.1) is 0 Å². The second-order valence-electron chi connectivity index (χ2n) is 5.63. The number of carbonyl (C=O) groups excluding carboxylic acids is 3. The highest BCUT2D eigenvalue weighted by Crippen LogP contribution is 2.18. The van der Waals surface area contributed by atoms with Crippen LogP contribution in [0.2, 0.25) is 0 Å². The minimum atomic E-state index is -0.523. The molecule has 0 aromatic heterocycles. The van der Waals surface area contributed by atoms with Crippen LogP contribution in [0.1, 0.15) is 25.3 Å². The van der Waals surface area contributed by atoms with Gasteiger partial charge in [-0.25, -0.2) is 4.79 Å². The molecule has 130 valence electrons. The van der Waals surface area contributed by atoms with Crippen LogP contribution in [0.25, 0.3) is 0 Å². The quantitative estimate of drug-likeness (QED) is 0.760. The number of nitrogens with zero attached hydrogens (tertiary/aromatic N) is 1. The largest absolute Gasteiger partial charge is 0.460 e. The number of carbonyl (C=O) groups is 3. The van der Waals surface area contributed by atoms with E-state index in [1.54, 1.807) is 11.8 Å². The molecule has 2 N–H and O–H groups in total. The van der Waals surface area contributed by atoms with E-state index in [0.29, 0.717) is 19.5 Å². The van der Waals surface area contributed by atoms with Gasteiger partial charge in [0.1, 0.15) is 12.6 Å². The molecule has 1 atom stereocenters. The molecule has 0 saturated carbocycles. The summed E-state index contributed by atoms with van der Waals surface area (Å²) in [5.74, 6) is -0.758. The molecule has 0 aliphatic carbocycles. The van der Waals surface area contributed by atoms with Crippen molar-refractivity contribution in [2.24, 2.45) is 0 Å². The van der Waals surface area contributed by atoms with E-state index < -0.39 is 18.0 Å². The maximum absolute atomic E-state index is 12.3. The van der Waals surface area contributed by atoms with E-state index in [-0.39, 0.29) is 19.1 Å². The molecular formula is C17H23N3O4. The van der Waals surface area contributed by atoms with Gasteiger partial charge in [0.25, 0.3) is 0 Å². The molecule has 1 aliphatic heterocycles. The van der Waals surface area contributed by atoms with Crippen LogP contribution >= 0.6 is 0 Å². The van der Waals surface area contributed by atoms with E-state index in [1.165, 1.54) is 0 Å². The standard InChI is InChI=1S/C17H23N3O4/c1-2-18-17(23)19-15(21)11-20-10-6-9-14(20)16(22)24-12-13-7-4-3-5-8-13/h3-5,7-8,14H,2,6,9-12H2,1H3,(H2,18,19,21,23)/t14-/m1/s1. The van der Waals surface area contributed by atoms with Crippen molar-refractivity contribution in [2.75, 3.05) is 19.6 Å². The van der Waals surface area contributed by atoms with E-state index in [1.807, 2.05) is 30.3 Å². The molecule has 1 fully saturated rings.